The van der Waals surface area contributed by atoms with Crippen molar-refractivity contribution in [3.8, 4) is 0 Å². The molecule has 120 valence electrons. The van der Waals surface area contributed by atoms with E-state index in [0.29, 0.717) is 0 Å². The van der Waals surface area contributed by atoms with Crippen LogP contribution in [0, 0.1) is 0 Å². The number of carbonyl (C=O) groups is 1. The van der Waals surface area contributed by atoms with Gasteiger partial charge in [0.2, 0.25) is 11.5 Å². The summed E-state index contributed by atoms with van der Waals surface area (Å²) < 4.78 is 41.9. The Bertz CT molecular complexity index is 631. The van der Waals surface area contributed by atoms with Crippen molar-refractivity contribution < 1.29 is 27.8 Å². The molecular formula is C12H9Cl2F3N2O3. The second-order valence-corrected chi connectivity index (χ2v) is 4.55. The number of rotatable bonds is 4. The minimum absolute atomic E-state index is 0.0443. The van der Waals surface area contributed by atoms with Gasteiger partial charge in [0.05, 0.1) is 11.6 Å². The minimum Gasteiger partial charge on any atom is -0.502 e. The molecule has 0 radical (unpaired) electrons. The molecule has 0 aromatic heterocycles. The van der Waals surface area contributed by atoms with Gasteiger partial charge in [-0.1, -0.05) is 23.2 Å². The number of benzene rings is 1. The molecule has 1 N–H and O–H groups in total. The van der Waals surface area contributed by atoms with Gasteiger partial charge in [-0.15, -0.1) is 10.2 Å². The summed E-state index contributed by atoms with van der Waals surface area (Å²) in [6.45, 7) is 1.17. The Hall–Kier alpha value is -1.80. The molecule has 0 spiro atoms. The molecule has 5 nitrogen and oxygen atoms in total. The van der Waals surface area contributed by atoms with Gasteiger partial charge in [0.1, 0.15) is 5.69 Å². The number of aliphatic hydroxyl groups is 1. The van der Waals surface area contributed by atoms with Crippen molar-refractivity contribution in [3.63, 3.8) is 0 Å². The van der Waals surface area contributed by atoms with E-state index in [2.05, 4.69) is 15.0 Å². The third-order valence-electron chi connectivity index (χ3n) is 2.13. The van der Waals surface area contributed by atoms with Gasteiger partial charge in [0.25, 0.3) is 0 Å². The largest absolute Gasteiger partial charge is 0.502 e. The summed E-state index contributed by atoms with van der Waals surface area (Å²) in [7, 11) is 0. The number of hydrogen-bond acceptors (Lipinski definition) is 5. The molecule has 1 aromatic rings. The fraction of sp³-hybridized carbons (Fsp3) is 0.250. The number of ether oxygens (including phenoxy) is 1. The van der Waals surface area contributed by atoms with Crippen LogP contribution in [0.15, 0.2) is 39.9 Å². The quantitative estimate of drug-likeness (QED) is 0.358. The van der Waals surface area contributed by atoms with Crippen LogP contribution in [0.5, 0.6) is 0 Å². The normalized spacial score (nSPS) is 13.2. The van der Waals surface area contributed by atoms with Gasteiger partial charge < -0.3 is 9.84 Å². The lowest BCUT2D eigenvalue weighted by Crippen LogP contribution is -2.18. The Balaban J connectivity index is 3.27. The second kappa shape index (κ2) is 7.46. The molecule has 0 heterocycles. The molecule has 1 aromatic carbocycles. The third kappa shape index (κ3) is 4.88. The Kier molecular flexibility index (Phi) is 6.19. The molecule has 0 fully saturated rings. The maximum absolute atomic E-state index is 12.5. The summed E-state index contributed by atoms with van der Waals surface area (Å²) in [6.07, 6.45) is -5.18. The van der Waals surface area contributed by atoms with Crippen LogP contribution in [-0.4, -0.2) is 23.9 Å². The summed E-state index contributed by atoms with van der Waals surface area (Å²) in [5, 5.41) is 15.8. The van der Waals surface area contributed by atoms with Gasteiger partial charge in [-0.2, -0.15) is 13.2 Å². The number of aliphatic hydroxyl groups excluding tert-OH is 1. The lowest BCUT2D eigenvalue weighted by Gasteiger charge is -2.08. The lowest BCUT2D eigenvalue weighted by molar-refractivity contribution is -0.143. The van der Waals surface area contributed by atoms with Crippen molar-refractivity contribution in [2.24, 2.45) is 10.2 Å². The summed E-state index contributed by atoms with van der Waals surface area (Å²) in [5.74, 6) is -3.69. The molecule has 0 amide bonds. The van der Waals surface area contributed by atoms with E-state index in [9.17, 15) is 18.0 Å². The monoisotopic (exact) mass is 356 g/mol. The first-order chi connectivity index (χ1) is 10.2. The van der Waals surface area contributed by atoms with E-state index in [-0.39, 0.29) is 22.3 Å². The minimum atomic E-state index is -5.18. The molecular weight excluding hydrogens is 348 g/mol. The smallest absolute Gasteiger partial charge is 0.451 e. The van der Waals surface area contributed by atoms with E-state index >= 15 is 0 Å². The third-order valence-corrected chi connectivity index (χ3v) is 2.68. The highest BCUT2D eigenvalue weighted by atomic mass is 35.5. The van der Waals surface area contributed by atoms with Crippen molar-refractivity contribution in [1.29, 1.82) is 0 Å². The molecule has 0 unspecified atom stereocenters. The average molecular weight is 357 g/mol. The molecule has 0 saturated carbocycles. The Morgan fingerprint density at radius 3 is 2.55 bits per heavy atom. The Morgan fingerprint density at radius 1 is 1.36 bits per heavy atom. The van der Waals surface area contributed by atoms with E-state index < -0.39 is 23.6 Å². The van der Waals surface area contributed by atoms with E-state index in [1.54, 1.807) is 0 Å². The maximum atomic E-state index is 12.5. The topological polar surface area (TPSA) is 71.2 Å². The molecule has 0 atom stereocenters. The fourth-order valence-electron chi connectivity index (χ4n) is 1.18. The summed E-state index contributed by atoms with van der Waals surface area (Å²) in [4.78, 5) is 11.5. The molecule has 10 heteroatoms. The number of halogens is 5. The standard InChI is InChI=1S/C12H9Cl2F3N2O3/c1-2-22-11(21)9(10(20)12(15,16)17)19-18-8-5-6(13)3-4-7(8)14/h3-5,20H,2H2,1H3. The number of allylic oxidation sites excluding steroid dienone is 1. The molecule has 0 bridgehead atoms. The van der Waals surface area contributed by atoms with Gasteiger partial charge in [-0.25, -0.2) is 4.79 Å². The number of carbonyl (C=O) groups excluding carboxylic acids is 1. The first-order valence-electron chi connectivity index (χ1n) is 5.71. The highest BCUT2D eigenvalue weighted by molar-refractivity contribution is 6.35. The van der Waals surface area contributed by atoms with Gasteiger partial charge in [-0.3, -0.25) is 0 Å². The number of nitrogens with zero attached hydrogens (tertiary/aromatic N) is 2. The highest BCUT2D eigenvalue weighted by Gasteiger charge is 2.39. The van der Waals surface area contributed by atoms with Crippen LogP contribution < -0.4 is 0 Å². The zero-order valence-electron chi connectivity index (χ0n) is 11.0. The predicted octanol–water partition coefficient (Wildman–Crippen LogP) is 4.97. The summed E-state index contributed by atoms with van der Waals surface area (Å²) in [6, 6.07) is 3.99. The van der Waals surface area contributed by atoms with Gasteiger partial charge >= 0.3 is 12.1 Å². The van der Waals surface area contributed by atoms with E-state index in [1.807, 2.05) is 0 Å². The fourth-order valence-corrected chi connectivity index (χ4v) is 1.51. The number of hydrogen-bond donors (Lipinski definition) is 1. The second-order valence-electron chi connectivity index (χ2n) is 3.71. The SMILES string of the molecule is CCOC(=O)C(N=Nc1cc(Cl)ccc1Cl)=C(O)C(F)(F)F. The number of azo groups is 1. The molecule has 0 aliphatic carbocycles. The van der Waals surface area contributed by atoms with Crippen LogP contribution in [0.25, 0.3) is 0 Å². The van der Waals surface area contributed by atoms with Crippen molar-refractivity contribution in [2.45, 2.75) is 13.1 Å². The van der Waals surface area contributed by atoms with Crippen LogP contribution in [0.1, 0.15) is 6.92 Å². The van der Waals surface area contributed by atoms with Crippen LogP contribution in [0.2, 0.25) is 10.0 Å². The van der Waals surface area contributed by atoms with Crippen molar-refractivity contribution in [2.75, 3.05) is 6.61 Å². The van der Waals surface area contributed by atoms with Gasteiger partial charge in [0.15, 0.2) is 0 Å². The predicted molar refractivity (Wildman–Crippen MR) is 73.3 cm³/mol. The lowest BCUT2D eigenvalue weighted by atomic mass is 10.3. The van der Waals surface area contributed by atoms with Crippen molar-refractivity contribution >= 4 is 34.9 Å². The molecule has 1 rings (SSSR count). The number of alkyl halides is 3. The van der Waals surface area contributed by atoms with E-state index in [1.165, 1.54) is 25.1 Å². The molecule has 22 heavy (non-hydrogen) atoms. The van der Waals surface area contributed by atoms with Crippen molar-refractivity contribution in [3.05, 3.63) is 39.7 Å². The summed E-state index contributed by atoms with van der Waals surface area (Å²) >= 11 is 11.4. The van der Waals surface area contributed by atoms with Crippen LogP contribution >= 0.6 is 23.2 Å². The van der Waals surface area contributed by atoms with Gasteiger partial charge in [-0.05, 0) is 25.1 Å². The number of esters is 1. The van der Waals surface area contributed by atoms with E-state index in [4.69, 9.17) is 28.3 Å². The first kappa shape index (κ1) is 18.2. The zero-order valence-corrected chi connectivity index (χ0v) is 12.5. The Labute approximate surface area is 133 Å². The Morgan fingerprint density at radius 2 is 2.00 bits per heavy atom. The van der Waals surface area contributed by atoms with Crippen LogP contribution in [0.4, 0.5) is 18.9 Å². The molecule has 0 aliphatic rings. The molecule has 0 aliphatic heterocycles. The molecule has 0 saturated heterocycles. The zero-order chi connectivity index (χ0) is 16.9. The average Bonchev–Trinajstić information content (AvgIpc) is 2.41. The van der Waals surface area contributed by atoms with Crippen LogP contribution in [-0.2, 0) is 9.53 Å². The van der Waals surface area contributed by atoms with Crippen LogP contribution in [0.3, 0.4) is 0 Å². The van der Waals surface area contributed by atoms with E-state index in [0.717, 1.165) is 0 Å². The first-order valence-corrected chi connectivity index (χ1v) is 6.46. The summed E-state index contributed by atoms with van der Waals surface area (Å²) in [5.41, 5.74) is -1.46. The maximum Gasteiger partial charge on any atom is 0.451 e. The highest BCUT2D eigenvalue weighted by Crippen LogP contribution is 2.31. The van der Waals surface area contributed by atoms with Crippen molar-refractivity contribution in [1.82, 2.24) is 0 Å². The van der Waals surface area contributed by atoms with Gasteiger partial charge in [0, 0.05) is 5.02 Å².